The summed E-state index contributed by atoms with van der Waals surface area (Å²) in [7, 11) is 0. The first kappa shape index (κ1) is 20.3. The van der Waals surface area contributed by atoms with Gasteiger partial charge in [0.25, 0.3) is 0 Å². The zero-order chi connectivity index (χ0) is 20.8. The van der Waals surface area contributed by atoms with Gasteiger partial charge in [0.15, 0.2) is 11.6 Å². The Morgan fingerprint density at radius 1 is 0.897 bits per heavy atom. The van der Waals surface area contributed by atoms with E-state index in [1.54, 1.807) is 36.4 Å². The molecule has 4 N–H and O–H groups in total. The molecule has 3 aromatic rings. The maximum Gasteiger partial charge on any atom is 0.244 e. The van der Waals surface area contributed by atoms with E-state index in [2.05, 4.69) is 10.1 Å². The van der Waals surface area contributed by atoms with Crippen LogP contribution < -0.4 is 0 Å². The van der Waals surface area contributed by atoms with Crippen LogP contribution >= 0.6 is 0 Å². The van der Waals surface area contributed by atoms with Crippen LogP contribution in [0.3, 0.4) is 0 Å². The highest BCUT2D eigenvalue weighted by molar-refractivity contribution is 5.77. The molecule has 9 nitrogen and oxygen atoms in total. The summed E-state index contributed by atoms with van der Waals surface area (Å²) < 4.78 is 1.33. The van der Waals surface area contributed by atoms with E-state index in [1.165, 1.54) is 21.7 Å². The van der Waals surface area contributed by atoms with Gasteiger partial charge in [-0.25, -0.2) is 9.67 Å². The predicted molar refractivity (Wildman–Crippen MR) is 105 cm³/mol. The molecule has 152 valence electrons. The van der Waals surface area contributed by atoms with Crippen molar-refractivity contribution in [1.82, 2.24) is 19.7 Å². The van der Waals surface area contributed by atoms with E-state index in [0.29, 0.717) is 11.1 Å². The van der Waals surface area contributed by atoms with Crippen LogP contribution in [0.4, 0.5) is 0 Å². The third-order valence-electron chi connectivity index (χ3n) is 4.34. The first-order valence-electron chi connectivity index (χ1n) is 9.06. The number of carbonyl (C=O) groups is 1. The zero-order valence-corrected chi connectivity index (χ0v) is 15.6. The highest BCUT2D eigenvalue weighted by Gasteiger charge is 2.21. The molecule has 0 unspecified atom stereocenters. The van der Waals surface area contributed by atoms with Crippen LogP contribution in [-0.4, -0.2) is 72.3 Å². The fourth-order valence-electron chi connectivity index (χ4n) is 2.92. The number of phenolic OH excluding ortho intramolecular Hbond substituents is 2. The highest BCUT2D eigenvalue weighted by atomic mass is 16.3. The number of aromatic nitrogens is 3. The van der Waals surface area contributed by atoms with Crippen LogP contribution in [0, 0.1) is 0 Å². The topological polar surface area (TPSA) is 132 Å². The van der Waals surface area contributed by atoms with E-state index >= 15 is 0 Å². The molecule has 0 bridgehead atoms. The number of benzene rings is 2. The minimum absolute atomic E-state index is 0.0120. The molecule has 0 aliphatic heterocycles. The van der Waals surface area contributed by atoms with Gasteiger partial charge < -0.3 is 25.3 Å². The van der Waals surface area contributed by atoms with Crippen LogP contribution in [0.15, 0.2) is 48.5 Å². The predicted octanol–water partition coefficient (Wildman–Crippen LogP) is 0.836. The average Bonchev–Trinajstić information content (AvgIpc) is 3.11. The average molecular weight is 398 g/mol. The SMILES string of the molecule is O=C(Cn1nc(-c2ccccc2O)nc1-c1ccccc1O)N(CCO)CCO. The molecular formula is C20H22N4O5. The van der Waals surface area contributed by atoms with Crippen molar-refractivity contribution in [3.05, 3.63) is 48.5 Å². The molecule has 0 saturated carbocycles. The van der Waals surface area contributed by atoms with Crippen molar-refractivity contribution < 1.29 is 25.2 Å². The molecule has 0 radical (unpaired) electrons. The second kappa shape index (κ2) is 9.18. The lowest BCUT2D eigenvalue weighted by Crippen LogP contribution is -2.38. The minimum Gasteiger partial charge on any atom is -0.507 e. The van der Waals surface area contributed by atoms with E-state index in [4.69, 9.17) is 10.2 Å². The lowest BCUT2D eigenvalue weighted by atomic mass is 10.2. The van der Waals surface area contributed by atoms with Crippen LogP contribution in [0.25, 0.3) is 22.8 Å². The Labute approximate surface area is 167 Å². The smallest absolute Gasteiger partial charge is 0.244 e. The van der Waals surface area contributed by atoms with Gasteiger partial charge >= 0.3 is 0 Å². The maximum absolute atomic E-state index is 12.7. The van der Waals surface area contributed by atoms with E-state index < -0.39 is 0 Å². The molecule has 1 amide bonds. The summed E-state index contributed by atoms with van der Waals surface area (Å²) in [4.78, 5) is 18.4. The highest BCUT2D eigenvalue weighted by Crippen LogP contribution is 2.31. The Kier molecular flexibility index (Phi) is 6.43. The number of aromatic hydroxyl groups is 2. The lowest BCUT2D eigenvalue weighted by molar-refractivity contribution is -0.133. The van der Waals surface area contributed by atoms with Gasteiger partial charge in [-0.15, -0.1) is 5.10 Å². The molecule has 9 heteroatoms. The number of nitrogens with zero attached hydrogens (tertiary/aromatic N) is 4. The van der Waals surface area contributed by atoms with E-state index in [0.717, 1.165) is 0 Å². The summed E-state index contributed by atoms with van der Waals surface area (Å²) in [6.07, 6.45) is 0. The maximum atomic E-state index is 12.7. The molecule has 0 aliphatic carbocycles. The van der Waals surface area contributed by atoms with E-state index in [9.17, 15) is 15.0 Å². The summed E-state index contributed by atoms with van der Waals surface area (Å²) in [5, 5.41) is 43.1. The van der Waals surface area contributed by atoms with Gasteiger partial charge in [0.05, 0.1) is 24.3 Å². The summed E-state index contributed by atoms with van der Waals surface area (Å²) in [5.41, 5.74) is 0.767. The number of hydrogen-bond acceptors (Lipinski definition) is 7. The molecule has 0 aliphatic rings. The Balaban J connectivity index is 2.04. The molecule has 0 fully saturated rings. The van der Waals surface area contributed by atoms with Crippen molar-refractivity contribution in [2.24, 2.45) is 0 Å². The quantitative estimate of drug-likeness (QED) is 0.442. The molecular weight excluding hydrogens is 376 g/mol. The zero-order valence-electron chi connectivity index (χ0n) is 15.6. The first-order valence-corrected chi connectivity index (χ1v) is 9.06. The number of hydrogen-bond donors (Lipinski definition) is 4. The molecule has 2 aromatic carbocycles. The van der Waals surface area contributed by atoms with Crippen molar-refractivity contribution in [2.45, 2.75) is 6.54 Å². The molecule has 0 atom stereocenters. The molecule has 0 spiro atoms. The first-order chi connectivity index (χ1) is 14.0. The van der Waals surface area contributed by atoms with Gasteiger partial charge in [-0.05, 0) is 24.3 Å². The number of aliphatic hydroxyl groups is 2. The number of aliphatic hydroxyl groups excluding tert-OH is 2. The second-order valence-corrected chi connectivity index (χ2v) is 6.28. The minimum atomic E-state index is -0.376. The molecule has 29 heavy (non-hydrogen) atoms. The Morgan fingerprint density at radius 3 is 2.00 bits per heavy atom. The van der Waals surface area contributed by atoms with Crippen LogP contribution in [0.2, 0.25) is 0 Å². The van der Waals surface area contributed by atoms with Crippen molar-refractivity contribution in [3.63, 3.8) is 0 Å². The number of phenols is 2. The number of amides is 1. The van der Waals surface area contributed by atoms with Crippen LogP contribution in [0.5, 0.6) is 11.5 Å². The monoisotopic (exact) mass is 398 g/mol. The van der Waals surface area contributed by atoms with Crippen molar-refractivity contribution >= 4 is 5.91 Å². The number of para-hydroxylation sites is 2. The van der Waals surface area contributed by atoms with E-state index in [1.807, 2.05) is 0 Å². The van der Waals surface area contributed by atoms with Crippen molar-refractivity contribution in [1.29, 1.82) is 0 Å². The van der Waals surface area contributed by atoms with Gasteiger partial charge in [0.2, 0.25) is 5.91 Å². The van der Waals surface area contributed by atoms with Gasteiger partial charge in [-0.1, -0.05) is 24.3 Å². The number of carbonyl (C=O) groups excluding carboxylic acids is 1. The standard InChI is InChI=1S/C20H22N4O5/c25-11-9-23(10-12-26)18(29)13-24-20(15-6-2-4-8-17(15)28)21-19(22-24)14-5-1-3-7-16(14)27/h1-8,25-28H,9-13H2. The summed E-state index contributed by atoms with van der Waals surface area (Å²) in [6, 6.07) is 13.1. The van der Waals surface area contributed by atoms with Gasteiger partial charge in [-0.2, -0.15) is 0 Å². The van der Waals surface area contributed by atoms with E-state index in [-0.39, 0.29) is 61.9 Å². The van der Waals surface area contributed by atoms with Gasteiger partial charge in [-0.3, -0.25) is 4.79 Å². The summed E-state index contributed by atoms with van der Waals surface area (Å²) in [6.45, 7) is -0.542. The molecule has 1 heterocycles. The Morgan fingerprint density at radius 2 is 1.45 bits per heavy atom. The third kappa shape index (κ3) is 4.53. The van der Waals surface area contributed by atoms with Crippen LogP contribution in [0.1, 0.15) is 0 Å². The fraction of sp³-hybridized carbons (Fsp3) is 0.250. The molecule has 0 saturated heterocycles. The second-order valence-electron chi connectivity index (χ2n) is 6.28. The van der Waals surface area contributed by atoms with Crippen molar-refractivity contribution in [2.75, 3.05) is 26.3 Å². The fourth-order valence-corrected chi connectivity index (χ4v) is 2.92. The summed E-state index contributed by atoms with van der Waals surface area (Å²) >= 11 is 0. The van der Waals surface area contributed by atoms with Gasteiger partial charge in [0.1, 0.15) is 18.0 Å². The Bertz CT molecular complexity index is 983. The van der Waals surface area contributed by atoms with Crippen molar-refractivity contribution in [3.8, 4) is 34.3 Å². The largest absolute Gasteiger partial charge is 0.507 e. The van der Waals surface area contributed by atoms with Crippen LogP contribution in [-0.2, 0) is 11.3 Å². The summed E-state index contributed by atoms with van der Waals surface area (Å²) in [5.74, 6) is 0.0353. The third-order valence-corrected chi connectivity index (χ3v) is 4.34. The lowest BCUT2D eigenvalue weighted by Gasteiger charge is -2.20. The van der Waals surface area contributed by atoms with Gasteiger partial charge in [0, 0.05) is 13.1 Å². The number of rotatable bonds is 8. The molecule has 3 rings (SSSR count). The Hall–Kier alpha value is -3.43. The normalized spacial score (nSPS) is 10.8. The molecule has 1 aromatic heterocycles.